The molecule has 0 radical (unpaired) electrons. The van der Waals surface area contributed by atoms with Crippen LogP contribution in [0.1, 0.15) is 58.3 Å². The van der Waals surface area contributed by atoms with Gasteiger partial charge in [-0.2, -0.15) is 0 Å². The zero-order valence-electron chi connectivity index (χ0n) is 12.2. The standard InChI is InChI=1S/C16H23NO3/c1-11(18)20-10-9-13-6-5-12-7-8-14-15(17(12)13)3-2-4-16(14)19/h12-13H,2-10H2,1H3/t12-,13+/m0/s1. The van der Waals surface area contributed by atoms with Crippen molar-refractivity contribution in [3.05, 3.63) is 11.3 Å². The van der Waals surface area contributed by atoms with Gasteiger partial charge in [-0.15, -0.1) is 0 Å². The molecule has 20 heavy (non-hydrogen) atoms. The number of ketones is 1. The molecular formula is C16H23NO3. The van der Waals surface area contributed by atoms with Gasteiger partial charge in [-0.1, -0.05) is 0 Å². The summed E-state index contributed by atoms with van der Waals surface area (Å²) in [4.78, 5) is 25.5. The van der Waals surface area contributed by atoms with Crippen LogP contribution < -0.4 is 0 Å². The molecule has 1 fully saturated rings. The number of hydrogen-bond donors (Lipinski definition) is 0. The number of carbonyl (C=O) groups is 2. The molecule has 2 aliphatic heterocycles. The van der Waals surface area contributed by atoms with Gasteiger partial charge in [-0.25, -0.2) is 0 Å². The maximum absolute atomic E-state index is 12.1. The van der Waals surface area contributed by atoms with Gasteiger partial charge in [0.2, 0.25) is 0 Å². The van der Waals surface area contributed by atoms with E-state index < -0.39 is 0 Å². The number of esters is 1. The molecule has 3 rings (SSSR count). The van der Waals surface area contributed by atoms with Crippen molar-refractivity contribution in [3.63, 3.8) is 0 Å². The largest absolute Gasteiger partial charge is 0.466 e. The molecule has 4 heteroatoms. The van der Waals surface area contributed by atoms with Gasteiger partial charge in [0.05, 0.1) is 6.61 Å². The smallest absolute Gasteiger partial charge is 0.302 e. The molecule has 2 heterocycles. The fourth-order valence-corrected chi connectivity index (χ4v) is 4.07. The highest BCUT2D eigenvalue weighted by Crippen LogP contribution is 2.42. The lowest BCUT2D eigenvalue weighted by molar-refractivity contribution is -0.141. The molecule has 1 aliphatic carbocycles. The summed E-state index contributed by atoms with van der Waals surface area (Å²) in [7, 11) is 0. The summed E-state index contributed by atoms with van der Waals surface area (Å²) in [5, 5.41) is 0. The van der Waals surface area contributed by atoms with Crippen LogP contribution in [0.2, 0.25) is 0 Å². The average Bonchev–Trinajstić information content (AvgIpc) is 2.82. The second kappa shape index (κ2) is 5.58. The SMILES string of the molecule is CC(=O)OCC[C@H]1CC[C@H]2CCC3=C(CCCC3=O)N21. The minimum Gasteiger partial charge on any atom is -0.466 e. The number of allylic oxidation sites excluding steroid dienone is 2. The van der Waals surface area contributed by atoms with Gasteiger partial charge in [0, 0.05) is 43.1 Å². The van der Waals surface area contributed by atoms with Crippen molar-refractivity contribution in [2.45, 2.75) is 70.4 Å². The van der Waals surface area contributed by atoms with Crippen LogP contribution in [0.15, 0.2) is 11.3 Å². The molecule has 0 unspecified atom stereocenters. The molecule has 0 saturated carbocycles. The van der Waals surface area contributed by atoms with Gasteiger partial charge in [0.1, 0.15) is 0 Å². The fraction of sp³-hybridized carbons (Fsp3) is 0.750. The molecule has 3 aliphatic rings. The van der Waals surface area contributed by atoms with Gasteiger partial charge in [0.25, 0.3) is 0 Å². The van der Waals surface area contributed by atoms with Crippen molar-refractivity contribution in [1.82, 2.24) is 4.90 Å². The molecule has 0 aromatic carbocycles. The Morgan fingerprint density at radius 1 is 1.25 bits per heavy atom. The molecule has 0 aromatic rings. The third kappa shape index (κ3) is 2.48. The van der Waals surface area contributed by atoms with Crippen molar-refractivity contribution in [3.8, 4) is 0 Å². The quantitative estimate of drug-likeness (QED) is 0.744. The van der Waals surface area contributed by atoms with E-state index in [1.807, 2.05) is 0 Å². The lowest BCUT2D eigenvalue weighted by Gasteiger charge is -2.41. The lowest BCUT2D eigenvalue weighted by Crippen LogP contribution is -2.41. The van der Waals surface area contributed by atoms with E-state index in [-0.39, 0.29) is 5.97 Å². The summed E-state index contributed by atoms with van der Waals surface area (Å²) in [6.45, 7) is 1.96. The summed E-state index contributed by atoms with van der Waals surface area (Å²) in [6, 6.07) is 1.07. The minimum absolute atomic E-state index is 0.203. The van der Waals surface area contributed by atoms with E-state index in [9.17, 15) is 9.59 Å². The average molecular weight is 277 g/mol. The van der Waals surface area contributed by atoms with Crippen LogP contribution in [0.5, 0.6) is 0 Å². The molecular weight excluding hydrogens is 254 g/mol. The van der Waals surface area contributed by atoms with Gasteiger partial charge < -0.3 is 9.64 Å². The highest BCUT2D eigenvalue weighted by Gasteiger charge is 2.40. The Hall–Kier alpha value is -1.32. The van der Waals surface area contributed by atoms with Crippen molar-refractivity contribution in [1.29, 1.82) is 0 Å². The maximum Gasteiger partial charge on any atom is 0.302 e. The molecule has 0 spiro atoms. The molecule has 110 valence electrons. The summed E-state index contributed by atoms with van der Waals surface area (Å²) in [5.74, 6) is 0.168. The highest BCUT2D eigenvalue weighted by molar-refractivity contribution is 5.97. The molecule has 2 atom stereocenters. The third-order valence-electron chi connectivity index (χ3n) is 4.92. The summed E-state index contributed by atoms with van der Waals surface area (Å²) < 4.78 is 5.09. The van der Waals surface area contributed by atoms with Crippen LogP contribution in [0.25, 0.3) is 0 Å². The van der Waals surface area contributed by atoms with Crippen molar-refractivity contribution in [2.75, 3.05) is 6.61 Å². The van der Waals surface area contributed by atoms with Gasteiger partial charge in [-0.3, -0.25) is 9.59 Å². The maximum atomic E-state index is 12.1. The Labute approximate surface area is 120 Å². The van der Waals surface area contributed by atoms with Crippen molar-refractivity contribution in [2.24, 2.45) is 0 Å². The second-order valence-corrected chi connectivity index (χ2v) is 6.16. The molecule has 1 saturated heterocycles. The first-order valence-electron chi connectivity index (χ1n) is 7.83. The van der Waals surface area contributed by atoms with E-state index in [0.29, 0.717) is 24.5 Å². The highest BCUT2D eigenvalue weighted by atomic mass is 16.5. The molecule has 0 aromatic heterocycles. The third-order valence-corrected chi connectivity index (χ3v) is 4.92. The normalized spacial score (nSPS) is 29.2. The van der Waals surface area contributed by atoms with Crippen LogP contribution in [-0.4, -0.2) is 35.3 Å². The Morgan fingerprint density at radius 3 is 2.90 bits per heavy atom. The van der Waals surface area contributed by atoms with E-state index >= 15 is 0 Å². The zero-order chi connectivity index (χ0) is 14.1. The van der Waals surface area contributed by atoms with Crippen molar-refractivity contribution >= 4 is 11.8 Å². The van der Waals surface area contributed by atoms with Crippen LogP contribution >= 0.6 is 0 Å². The van der Waals surface area contributed by atoms with E-state index in [0.717, 1.165) is 50.5 Å². The molecule has 0 amide bonds. The fourth-order valence-electron chi connectivity index (χ4n) is 4.07. The first-order valence-corrected chi connectivity index (χ1v) is 7.83. The minimum atomic E-state index is -0.203. The number of rotatable bonds is 3. The lowest BCUT2D eigenvalue weighted by atomic mass is 9.86. The number of ether oxygens (including phenoxy) is 1. The first-order chi connectivity index (χ1) is 9.66. The topological polar surface area (TPSA) is 46.6 Å². The van der Waals surface area contributed by atoms with Crippen LogP contribution in [-0.2, 0) is 14.3 Å². The number of nitrogens with zero attached hydrogens (tertiary/aromatic N) is 1. The van der Waals surface area contributed by atoms with Crippen molar-refractivity contribution < 1.29 is 14.3 Å². The Bertz CT molecular complexity index is 455. The molecule has 4 nitrogen and oxygen atoms in total. The number of hydrogen-bond acceptors (Lipinski definition) is 4. The Morgan fingerprint density at radius 2 is 2.10 bits per heavy atom. The Balaban J connectivity index is 1.73. The predicted octanol–water partition coefficient (Wildman–Crippen LogP) is 2.57. The van der Waals surface area contributed by atoms with Crippen LogP contribution in [0, 0.1) is 0 Å². The van der Waals surface area contributed by atoms with Gasteiger partial charge in [0.15, 0.2) is 5.78 Å². The van der Waals surface area contributed by atoms with E-state index in [1.165, 1.54) is 19.0 Å². The van der Waals surface area contributed by atoms with E-state index in [1.54, 1.807) is 0 Å². The number of Topliss-reactive ketones (excluding diaryl/α,β-unsaturated/α-hetero) is 1. The van der Waals surface area contributed by atoms with Gasteiger partial charge >= 0.3 is 5.97 Å². The summed E-state index contributed by atoms with van der Waals surface area (Å²) >= 11 is 0. The first kappa shape index (κ1) is 13.7. The van der Waals surface area contributed by atoms with E-state index in [2.05, 4.69) is 4.90 Å². The zero-order valence-corrected chi connectivity index (χ0v) is 12.2. The summed E-state index contributed by atoms with van der Waals surface area (Å²) in [6.07, 6.45) is 8.16. The van der Waals surface area contributed by atoms with E-state index in [4.69, 9.17) is 4.74 Å². The van der Waals surface area contributed by atoms with Gasteiger partial charge in [-0.05, 0) is 38.5 Å². The van der Waals surface area contributed by atoms with Crippen LogP contribution in [0.4, 0.5) is 0 Å². The summed E-state index contributed by atoms with van der Waals surface area (Å²) in [5.41, 5.74) is 2.43. The monoisotopic (exact) mass is 277 g/mol. The molecule has 0 bridgehead atoms. The predicted molar refractivity (Wildman–Crippen MR) is 75.0 cm³/mol. The molecule has 0 N–H and O–H groups in total. The second-order valence-electron chi connectivity index (χ2n) is 6.16. The number of fused-ring (bicyclic) bond motifs is 2. The Kier molecular flexibility index (Phi) is 3.81. The number of carbonyl (C=O) groups excluding carboxylic acids is 2. The van der Waals surface area contributed by atoms with Crippen LogP contribution in [0.3, 0.4) is 0 Å².